The van der Waals surface area contributed by atoms with Crippen LogP contribution < -0.4 is 5.32 Å². The molecule has 0 aromatic heterocycles. The highest BCUT2D eigenvalue weighted by atomic mass is 35.5. The molecule has 1 aliphatic heterocycles. The van der Waals surface area contributed by atoms with Crippen molar-refractivity contribution < 1.29 is 9.90 Å². The predicted molar refractivity (Wildman–Crippen MR) is 99.8 cm³/mol. The van der Waals surface area contributed by atoms with E-state index >= 15 is 0 Å². The van der Waals surface area contributed by atoms with Crippen molar-refractivity contribution in [1.82, 2.24) is 0 Å². The standard InChI is InChI=1S/C17H16ClNO2S2/c18-13-6-7-15(20)14(10-13)19-16(21)11-2-4-12(5-3-11)17-22-8-1-9-23-17/h2-7,10,17,20H,1,8-9H2,(H,19,21). The van der Waals surface area contributed by atoms with E-state index in [0.717, 1.165) is 0 Å². The van der Waals surface area contributed by atoms with Crippen LogP contribution in [-0.2, 0) is 0 Å². The normalized spacial score (nSPS) is 15.3. The highest BCUT2D eigenvalue weighted by molar-refractivity contribution is 8.16. The van der Waals surface area contributed by atoms with Gasteiger partial charge in [0.25, 0.3) is 5.91 Å². The summed E-state index contributed by atoms with van der Waals surface area (Å²) >= 11 is 9.79. The SMILES string of the molecule is O=C(Nc1cc(Cl)ccc1O)c1ccc(C2SCCCS2)cc1. The largest absolute Gasteiger partial charge is 0.506 e. The number of anilines is 1. The lowest BCUT2D eigenvalue weighted by Gasteiger charge is -2.21. The summed E-state index contributed by atoms with van der Waals surface area (Å²) in [5.41, 5.74) is 2.10. The van der Waals surface area contributed by atoms with E-state index in [4.69, 9.17) is 11.6 Å². The van der Waals surface area contributed by atoms with Gasteiger partial charge in [0.15, 0.2) is 0 Å². The van der Waals surface area contributed by atoms with Crippen molar-refractivity contribution in [3.05, 3.63) is 58.6 Å². The first-order valence-electron chi connectivity index (χ1n) is 7.26. The number of carbonyl (C=O) groups is 1. The lowest BCUT2D eigenvalue weighted by Crippen LogP contribution is -2.12. The molecule has 1 fully saturated rings. The minimum atomic E-state index is -0.266. The van der Waals surface area contributed by atoms with Gasteiger partial charge < -0.3 is 10.4 Å². The van der Waals surface area contributed by atoms with Crippen LogP contribution in [0.5, 0.6) is 5.75 Å². The van der Waals surface area contributed by atoms with Crippen LogP contribution in [0.4, 0.5) is 5.69 Å². The van der Waals surface area contributed by atoms with Crippen molar-refractivity contribution in [2.24, 2.45) is 0 Å². The molecule has 0 spiro atoms. The number of nitrogens with one attached hydrogen (secondary N) is 1. The van der Waals surface area contributed by atoms with Gasteiger partial charge in [0.05, 0.1) is 10.3 Å². The Balaban J connectivity index is 1.71. The van der Waals surface area contributed by atoms with Crippen molar-refractivity contribution in [3.8, 4) is 5.75 Å². The van der Waals surface area contributed by atoms with Crippen molar-refractivity contribution >= 4 is 46.7 Å². The van der Waals surface area contributed by atoms with Crippen LogP contribution in [0.2, 0.25) is 5.02 Å². The third kappa shape index (κ3) is 4.16. The van der Waals surface area contributed by atoms with Gasteiger partial charge in [0.2, 0.25) is 0 Å². The number of carbonyl (C=O) groups excluding carboxylic acids is 1. The Morgan fingerprint density at radius 1 is 1.13 bits per heavy atom. The zero-order valence-electron chi connectivity index (χ0n) is 12.3. The van der Waals surface area contributed by atoms with Gasteiger partial charge in [0.1, 0.15) is 5.75 Å². The molecule has 0 saturated carbocycles. The van der Waals surface area contributed by atoms with E-state index < -0.39 is 0 Å². The summed E-state index contributed by atoms with van der Waals surface area (Å²) in [7, 11) is 0. The molecule has 6 heteroatoms. The number of hydrogen-bond donors (Lipinski definition) is 2. The van der Waals surface area contributed by atoms with Crippen LogP contribution in [0.1, 0.15) is 26.9 Å². The molecule has 23 heavy (non-hydrogen) atoms. The molecular formula is C17H16ClNO2S2. The molecule has 3 rings (SSSR count). The summed E-state index contributed by atoms with van der Waals surface area (Å²) in [4.78, 5) is 12.3. The fraction of sp³-hybridized carbons (Fsp3) is 0.235. The van der Waals surface area contributed by atoms with Crippen LogP contribution >= 0.6 is 35.1 Å². The lowest BCUT2D eigenvalue weighted by atomic mass is 10.1. The average Bonchev–Trinajstić information content (AvgIpc) is 2.59. The molecule has 2 N–H and O–H groups in total. The van der Waals surface area contributed by atoms with Gasteiger partial charge in [-0.3, -0.25) is 4.79 Å². The Labute approximate surface area is 148 Å². The highest BCUT2D eigenvalue weighted by Crippen LogP contribution is 2.43. The summed E-state index contributed by atoms with van der Waals surface area (Å²) in [6.07, 6.45) is 1.26. The molecule has 1 aliphatic rings. The van der Waals surface area contributed by atoms with Gasteiger partial charge in [-0.05, 0) is 53.8 Å². The lowest BCUT2D eigenvalue weighted by molar-refractivity contribution is 0.102. The summed E-state index contributed by atoms with van der Waals surface area (Å²) in [6.45, 7) is 0. The molecule has 1 saturated heterocycles. The maximum Gasteiger partial charge on any atom is 0.255 e. The molecule has 0 unspecified atom stereocenters. The smallest absolute Gasteiger partial charge is 0.255 e. The summed E-state index contributed by atoms with van der Waals surface area (Å²) < 4.78 is 0.456. The second-order valence-corrected chi connectivity index (χ2v) is 8.33. The van der Waals surface area contributed by atoms with E-state index in [9.17, 15) is 9.90 Å². The molecular weight excluding hydrogens is 350 g/mol. The highest BCUT2D eigenvalue weighted by Gasteiger charge is 2.17. The van der Waals surface area contributed by atoms with Gasteiger partial charge in [-0.1, -0.05) is 23.7 Å². The second-order valence-electron chi connectivity index (χ2n) is 5.16. The molecule has 0 atom stereocenters. The first kappa shape index (κ1) is 16.6. The topological polar surface area (TPSA) is 49.3 Å². The molecule has 0 bridgehead atoms. The third-order valence-corrected chi connectivity index (χ3v) is 6.73. The number of hydrogen-bond acceptors (Lipinski definition) is 4. The van der Waals surface area contributed by atoms with Crippen molar-refractivity contribution in [2.45, 2.75) is 11.0 Å². The van der Waals surface area contributed by atoms with Gasteiger partial charge in [-0.25, -0.2) is 0 Å². The number of rotatable bonds is 3. The first-order valence-corrected chi connectivity index (χ1v) is 9.74. The fourth-order valence-electron chi connectivity index (χ4n) is 2.27. The third-order valence-electron chi connectivity index (χ3n) is 3.48. The van der Waals surface area contributed by atoms with Crippen LogP contribution in [-0.4, -0.2) is 22.5 Å². The van der Waals surface area contributed by atoms with Crippen molar-refractivity contribution in [1.29, 1.82) is 0 Å². The average molecular weight is 366 g/mol. The molecule has 2 aromatic rings. The molecule has 120 valence electrons. The van der Waals surface area contributed by atoms with Crippen LogP contribution in [0.25, 0.3) is 0 Å². The molecule has 0 radical (unpaired) electrons. The number of phenols is 1. The Morgan fingerprint density at radius 3 is 2.52 bits per heavy atom. The summed E-state index contributed by atoms with van der Waals surface area (Å²) in [5, 5.41) is 12.9. The van der Waals surface area contributed by atoms with Crippen LogP contribution in [0, 0.1) is 0 Å². The predicted octanol–water partition coefficient (Wildman–Crippen LogP) is 5.17. The first-order chi connectivity index (χ1) is 11.1. The molecule has 0 aliphatic carbocycles. The Hall–Kier alpha value is -1.30. The number of phenolic OH excluding ortho intramolecular Hbond substituents is 1. The molecule has 2 aromatic carbocycles. The molecule has 1 heterocycles. The Bertz CT molecular complexity index is 700. The zero-order chi connectivity index (χ0) is 16.2. The van der Waals surface area contributed by atoms with Crippen LogP contribution in [0.3, 0.4) is 0 Å². The summed E-state index contributed by atoms with van der Waals surface area (Å²) in [6, 6.07) is 12.2. The van der Waals surface area contributed by atoms with Crippen molar-refractivity contribution in [3.63, 3.8) is 0 Å². The van der Waals surface area contributed by atoms with Gasteiger partial charge in [-0.15, -0.1) is 23.5 Å². The number of thioether (sulfide) groups is 2. The number of aromatic hydroxyl groups is 1. The van der Waals surface area contributed by atoms with Gasteiger partial charge in [0, 0.05) is 10.6 Å². The minimum absolute atomic E-state index is 0.00521. The number of amides is 1. The maximum absolute atomic E-state index is 12.3. The second kappa shape index (κ2) is 7.51. The van der Waals surface area contributed by atoms with E-state index in [1.165, 1.54) is 35.6 Å². The van der Waals surface area contributed by atoms with Gasteiger partial charge >= 0.3 is 0 Å². The Morgan fingerprint density at radius 2 is 1.83 bits per heavy atom. The maximum atomic E-state index is 12.3. The van der Waals surface area contributed by atoms with Gasteiger partial charge in [-0.2, -0.15) is 0 Å². The van der Waals surface area contributed by atoms with E-state index in [2.05, 4.69) is 5.32 Å². The quantitative estimate of drug-likeness (QED) is 0.737. The molecule has 3 nitrogen and oxygen atoms in total. The van der Waals surface area contributed by atoms with Crippen molar-refractivity contribution in [2.75, 3.05) is 16.8 Å². The van der Waals surface area contributed by atoms with Crippen LogP contribution in [0.15, 0.2) is 42.5 Å². The number of benzene rings is 2. The monoisotopic (exact) mass is 365 g/mol. The number of halogens is 1. The molecule has 1 amide bonds. The van der Waals surface area contributed by atoms with E-state index in [0.29, 0.717) is 20.9 Å². The van der Waals surface area contributed by atoms with E-state index in [1.807, 2.05) is 47.8 Å². The van der Waals surface area contributed by atoms with E-state index in [-0.39, 0.29) is 11.7 Å². The summed E-state index contributed by atoms with van der Waals surface area (Å²) in [5.74, 6) is 2.11. The minimum Gasteiger partial charge on any atom is -0.506 e. The zero-order valence-corrected chi connectivity index (χ0v) is 14.7. The fourth-order valence-corrected chi connectivity index (χ4v) is 5.34. The Kier molecular flexibility index (Phi) is 5.41. The van der Waals surface area contributed by atoms with E-state index in [1.54, 1.807) is 6.07 Å².